The molecule has 134 valence electrons. The van der Waals surface area contributed by atoms with Gasteiger partial charge in [-0.2, -0.15) is 5.10 Å². The first-order valence-electron chi connectivity index (χ1n) is 9.13. The monoisotopic (exact) mass is 374 g/mol. The quantitative estimate of drug-likeness (QED) is 0.558. The zero-order chi connectivity index (χ0) is 18.4. The first kappa shape index (κ1) is 16.4. The highest BCUT2D eigenvalue weighted by molar-refractivity contribution is 6.30. The predicted octanol–water partition coefficient (Wildman–Crippen LogP) is 5.89. The van der Waals surface area contributed by atoms with Crippen LogP contribution in [0.4, 0.5) is 0 Å². The number of rotatable bonds is 2. The summed E-state index contributed by atoms with van der Waals surface area (Å²) in [6.07, 6.45) is 0.609. The van der Waals surface area contributed by atoms with E-state index in [0.717, 1.165) is 28.5 Å². The Labute approximate surface area is 163 Å². The van der Waals surface area contributed by atoms with Crippen molar-refractivity contribution in [1.29, 1.82) is 0 Å². The highest BCUT2D eigenvalue weighted by Gasteiger charge is 2.40. The number of hydrazone groups is 1. The van der Waals surface area contributed by atoms with Crippen molar-refractivity contribution in [3.8, 4) is 5.75 Å². The number of para-hydroxylation sites is 1. The van der Waals surface area contributed by atoms with Gasteiger partial charge in [0.15, 0.2) is 0 Å². The van der Waals surface area contributed by atoms with E-state index in [1.807, 2.05) is 36.4 Å². The molecule has 3 aromatic carbocycles. The lowest BCUT2D eigenvalue weighted by molar-refractivity contribution is -0.0190. The van der Waals surface area contributed by atoms with Crippen molar-refractivity contribution < 1.29 is 4.74 Å². The number of aryl methyl sites for hydroxylation is 1. The second-order valence-electron chi connectivity index (χ2n) is 7.07. The number of nitrogens with zero attached hydrogens (tertiary/aromatic N) is 2. The van der Waals surface area contributed by atoms with Gasteiger partial charge < -0.3 is 4.74 Å². The van der Waals surface area contributed by atoms with Crippen molar-refractivity contribution in [3.63, 3.8) is 0 Å². The number of hydrogen-bond acceptors (Lipinski definition) is 3. The maximum absolute atomic E-state index is 6.35. The Kier molecular flexibility index (Phi) is 3.91. The average molecular weight is 375 g/mol. The number of benzene rings is 3. The third kappa shape index (κ3) is 2.88. The van der Waals surface area contributed by atoms with Gasteiger partial charge in [-0.15, -0.1) is 0 Å². The molecule has 0 fully saturated rings. The van der Waals surface area contributed by atoms with Crippen molar-refractivity contribution in [2.24, 2.45) is 5.10 Å². The summed E-state index contributed by atoms with van der Waals surface area (Å²) in [6.45, 7) is 2.10. The summed E-state index contributed by atoms with van der Waals surface area (Å²) in [5.41, 5.74) is 5.76. The van der Waals surface area contributed by atoms with Crippen molar-refractivity contribution in [3.05, 3.63) is 100 Å². The van der Waals surface area contributed by atoms with E-state index in [1.165, 1.54) is 16.7 Å². The van der Waals surface area contributed by atoms with Crippen molar-refractivity contribution in [2.75, 3.05) is 0 Å². The van der Waals surface area contributed by atoms with Crippen LogP contribution in [-0.4, -0.2) is 10.7 Å². The van der Waals surface area contributed by atoms with Crippen LogP contribution in [0.1, 0.15) is 40.9 Å². The topological polar surface area (TPSA) is 24.8 Å². The molecule has 0 spiro atoms. The Morgan fingerprint density at radius 2 is 1.70 bits per heavy atom. The smallest absolute Gasteiger partial charge is 0.213 e. The zero-order valence-corrected chi connectivity index (χ0v) is 15.7. The van der Waals surface area contributed by atoms with Gasteiger partial charge in [0.2, 0.25) is 6.23 Å². The Balaban J connectivity index is 1.58. The van der Waals surface area contributed by atoms with Gasteiger partial charge in [-0.3, -0.25) is 0 Å². The SMILES string of the molecule is Cc1ccc(C2=NN3[C@H](C2)c2ccccc2O[C@@H]3c2ccc(Cl)cc2)cc1. The summed E-state index contributed by atoms with van der Waals surface area (Å²) in [6, 6.07) is 24.8. The molecular formula is C23H19ClN2O. The van der Waals surface area contributed by atoms with E-state index in [0.29, 0.717) is 0 Å². The molecular weight excluding hydrogens is 356 g/mol. The van der Waals surface area contributed by atoms with E-state index in [1.54, 1.807) is 0 Å². The van der Waals surface area contributed by atoms with Gasteiger partial charge in [0.25, 0.3) is 0 Å². The van der Waals surface area contributed by atoms with Gasteiger partial charge in [-0.05, 0) is 30.7 Å². The minimum absolute atomic E-state index is 0.173. The molecule has 2 heterocycles. The van der Waals surface area contributed by atoms with E-state index < -0.39 is 0 Å². The van der Waals surface area contributed by atoms with Crippen molar-refractivity contribution in [1.82, 2.24) is 5.01 Å². The summed E-state index contributed by atoms with van der Waals surface area (Å²) in [4.78, 5) is 0. The third-order valence-electron chi connectivity index (χ3n) is 5.24. The molecule has 27 heavy (non-hydrogen) atoms. The van der Waals surface area contributed by atoms with E-state index in [9.17, 15) is 0 Å². The molecule has 0 amide bonds. The summed E-state index contributed by atoms with van der Waals surface area (Å²) < 4.78 is 6.35. The number of hydrogen-bond donors (Lipinski definition) is 0. The summed E-state index contributed by atoms with van der Waals surface area (Å²) in [5, 5.41) is 7.80. The van der Waals surface area contributed by atoms with Crippen LogP contribution in [-0.2, 0) is 0 Å². The van der Waals surface area contributed by atoms with Crippen LogP contribution in [0.15, 0.2) is 77.9 Å². The Bertz CT molecular complexity index is 1010. The lowest BCUT2D eigenvalue weighted by atomic mass is 9.95. The zero-order valence-electron chi connectivity index (χ0n) is 15.0. The molecule has 5 rings (SSSR count). The van der Waals surface area contributed by atoms with Crippen LogP contribution in [0.3, 0.4) is 0 Å². The van der Waals surface area contributed by atoms with Crippen LogP contribution in [0.25, 0.3) is 0 Å². The van der Waals surface area contributed by atoms with E-state index in [4.69, 9.17) is 21.4 Å². The Morgan fingerprint density at radius 1 is 0.963 bits per heavy atom. The molecule has 2 aliphatic rings. The van der Waals surface area contributed by atoms with Gasteiger partial charge in [0.1, 0.15) is 5.75 Å². The number of halogens is 1. The largest absolute Gasteiger partial charge is 0.464 e. The fraction of sp³-hybridized carbons (Fsp3) is 0.174. The van der Waals surface area contributed by atoms with Crippen molar-refractivity contribution in [2.45, 2.75) is 25.6 Å². The molecule has 4 heteroatoms. The highest BCUT2D eigenvalue weighted by Crippen LogP contribution is 2.47. The van der Waals surface area contributed by atoms with Gasteiger partial charge >= 0.3 is 0 Å². The fourth-order valence-electron chi connectivity index (χ4n) is 3.80. The number of ether oxygens (including phenoxy) is 1. The van der Waals surface area contributed by atoms with Crippen LogP contribution in [0, 0.1) is 6.92 Å². The summed E-state index contributed by atoms with van der Waals surface area (Å²) >= 11 is 6.08. The van der Waals surface area contributed by atoms with E-state index in [-0.39, 0.29) is 12.3 Å². The number of fused-ring (bicyclic) bond motifs is 3. The lowest BCUT2D eigenvalue weighted by Gasteiger charge is -2.38. The van der Waals surface area contributed by atoms with Crippen LogP contribution in [0.2, 0.25) is 5.02 Å². The van der Waals surface area contributed by atoms with Crippen LogP contribution < -0.4 is 4.74 Å². The normalized spacial score (nSPS) is 20.5. The molecule has 0 unspecified atom stereocenters. The molecule has 0 saturated carbocycles. The Morgan fingerprint density at radius 3 is 2.48 bits per heavy atom. The van der Waals surface area contributed by atoms with Gasteiger partial charge in [0, 0.05) is 22.6 Å². The van der Waals surface area contributed by atoms with Gasteiger partial charge in [0.05, 0.1) is 11.8 Å². The molecule has 0 bridgehead atoms. The maximum Gasteiger partial charge on any atom is 0.213 e. The molecule has 3 nitrogen and oxygen atoms in total. The molecule has 0 aliphatic carbocycles. The minimum Gasteiger partial charge on any atom is -0.464 e. The molecule has 3 aromatic rings. The third-order valence-corrected chi connectivity index (χ3v) is 5.49. The van der Waals surface area contributed by atoms with Crippen LogP contribution >= 0.6 is 11.6 Å². The summed E-state index contributed by atoms with van der Waals surface area (Å²) in [7, 11) is 0. The standard InChI is InChI=1S/C23H19ClN2O/c1-15-6-8-16(9-7-15)20-14-21-19-4-2-3-5-22(19)27-23(26(21)25-20)17-10-12-18(24)13-11-17/h2-13,21,23H,14H2,1H3/t21-,23-/m1/s1. The minimum atomic E-state index is -0.259. The second-order valence-corrected chi connectivity index (χ2v) is 7.51. The van der Waals surface area contributed by atoms with E-state index >= 15 is 0 Å². The maximum atomic E-state index is 6.35. The first-order valence-corrected chi connectivity index (χ1v) is 9.51. The first-order chi connectivity index (χ1) is 13.2. The Hall–Kier alpha value is -2.78. The predicted molar refractivity (Wildman–Crippen MR) is 108 cm³/mol. The average Bonchev–Trinajstić information content (AvgIpc) is 3.14. The summed E-state index contributed by atoms with van der Waals surface area (Å²) in [5.74, 6) is 0.930. The molecule has 0 N–H and O–H groups in total. The highest BCUT2D eigenvalue weighted by atomic mass is 35.5. The lowest BCUT2D eigenvalue weighted by Crippen LogP contribution is -2.33. The van der Waals surface area contributed by atoms with E-state index in [2.05, 4.69) is 48.3 Å². The van der Waals surface area contributed by atoms with Crippen LogP contribution in [0.5, 0.6) is 5.75 Å². The molecule has 0 saturated heterocycles. The van der Waals surface area contributed by atoms with Gasteiger partial charge in [-0.25, -0.2) is 5.01 Å². The molecule has 0 radical (unpaired) electrons. The van der Waals surface area contributed by atoms with Crippen molar-refractivity contribution >= 4 is 17.3 Å². The molecule has 2 aliphatic heterocycles. The fourth-order valence-corrected chi connectivity index (χ4v) is 3.93. The van der Waals surface area contributed by atoms with Gasteiger partial charge in [-0.1, -0.05) is 71.8 Å². The molecule has 2 atom stereocenters. The second kappa shape index (κ2) is 6.43. The molecule has 0 aromatic heterocycles.